The fourth-order valence-corrected chi connectivity index (χ4v) is 3.98. The third-order valence-electron chi connectivity index (χ3n) is 5.34. The zero-order valence-electron chi connectivity index (χ0n) is 16.3. The van der Waals surface area contributed by atoms with E-state index in [9.17, 15) is 18.0 Å². The number of nitrogens with one attached hydrogen (secondary N) is 1. The number of aromatic nitrogens is 1. The molecule has 160 valence electrons. The average Bonchev–Trinajstić information content (AvgIpc) is 2.69. The lowest BCUT2D eigenvalue weighted by atomic mass is 9.97. The largest absolute Gasteiger partial charge is 0.417 e. The number of pyridine rings is 1. The Bertz CT molecular complexity index is 746. The lowest BCUT2D eigenvalue weighted by molar-refractivity contribution is -0.137. The average molecular weight is 431 g/mol. The van der Waals surface area contributed by atoms with Gasteiger partial charge in [-0.3, -0.25) is 9.69 Å². The van der Waals surface area contributed by atoms with Gasteiger partial charge < -0.3 is 10.2 Å². The zero-order chi connectivity index (χ0) is 20.9. The number of amides is 1. The summed E-state index contributed by atoms with van der Waals surface area (Å²) in [4.78, 5) is 20.0. The van der Waals surface area contributed by atoms with E-state index >= 15 is 0 Å². The molecule has 1 saturated heterocycles. The van der Waals surface area contributed by atoms with Gasteiger partial charge in [0.1, 0.15) is 5.82 Å². The van der Waals surface area contributed by atoms with E-state index < -0.39 is 11.7 Å². The van der Waals surface area contributed by atoms with E-state index in [4.69, 9.17) is 11.6 Å². The van der Waals surface area contributed by atoms with Crippen molar-refractivity contribution in [2.45, 2.75) is 38.3 Å². The summed E-state index contributed by atoms with van der Waals surface area (Å²) < 4.78 is 38.2. The molecule has 1 aromatic heterocycles. The molecule has 3 rings (SSSR count). The van der Waals surface area contributed by atoms with E-state index in [0.29, 0.717) is 45.1 Å². The summed E-state index contributed by atoms with van der Waals surface area (Å²) >= 11 is 6.02. The van der Waals surface area contributed by atoms with Crippen LogP contribution in [0, 0.1) is 0 Å². The van der Waals surface area contributed by atoms with Gasteiger partial charge in [-0.1, -0.05) is 23.3 Å². The summed E-state index contributed by atoms with van der Waals surface area (Å²) in [5, 5.41) is 2.96. The normalized spacial score (nSPS) is 18.5. The lowest BCUT2D eigenvalue weighted by Crippen LogP contribution is -2.49. The van der Waals surface area contributed by atoms with Crippen LogP contribution in [0.1, 0.15) is 37.7 Å². The van der Waals surface area contributed by atoms with Crippen molar-refractivity contribution in [3.63, 3.8) is 0 Å². The van der Waals surface area contributed by atoms with Crippen molar-refractivity contribution in [3.8, 4) is 0 Å². The molecule has 0 unspecified atom stereocenters. The van der Waals surface area contributed by atoms with Crippen LogP contribution >= 0.6 is 11.6 Å². The van der Waals surface area contributed by atoms with Crippen LogP contribution in [0.25, 0.3) is 0 Å². The van der Waals surface area contributed by atoms with Crippen molar-refractivity contribution in [2.24, 2.45) is 0 Å². The number of nitrogens with zero attached hydrogens (tertiary/aromatic N) is 3. The molecule has 9 heteroatoms. The Morgan fingerprint density at radius 2 is 1.97 bits per heavy atom. The standard InChI is InChI=1S/C20H26ClF3N4O/c21-17-12-16(20(22,23)24)13-26-19(17)28-10-8-27(9-11-28)14-18(29)25-7-6-15-4-2-1-3-5-15/h4,12-13H,1-3,5-11,14H2,(H,25,29). The van der Waals surface area contributed by atoms with Crippen LogP contribution in [-0.4, -0.2) is 55.1 Å². The highest BCUT2D eigenvalue weighted by molar-refractivity contribution is 6.33. The highest BCUT2D eigenvalue weighted by Gasteiger charge is 2.32. The molecule has 0 radical (unpaired) electrons. The lowest BCUT2D eigenvalue weighted by Gasteiger charge is -2.35. The van der Waals surface area contributed by atoms with Gasteiger partial charge in [0, 0.05) is 38.9 Å². The fraction of sp³-hybridized carbons (Fsp3) is 0.600. The van der Waals surface area contributed by atoms with Gasteiger partial charge in [0.15, 0.2) is 0 Å². The van der Waals surface area contributed by atoms with Gasteiger partial charge in [0.05, 0.1) is 17.1 Å². The van der Waals surface area contributed by atoms with Crippen LogP contribution in [0.15, 0.2) is 23.9 Å². The molecule has 1 fully saturated rings. The van der Waals surface area contributed by atoms with Crippen LogP contribution < -0.4 is 10.2 Å². The minimum absolute atomic E-state index is 0.000506. The van der Waals surface area contributed by atoms with E-state index in [0.717, 1.165) is 31.5 Å². The Morgan fingerprint density at radius 3 is 2.59 bits per heavy atom. The Labute approximate surface area is 173 Å². The number of halogens is 4. The molecule has 1 N–H and O–H groups in total. The molecular weight excluding hydrogens is 405 g/mol. The number of carbonyl (C=O) groups excluding carboxylic acids is 1. The number of rotatable bonds is 6. The van der Waals surface area contributed by atoms with E-state index in [-0.39, 0.29) is 10.9 Å². The third kappa shape index (κ3) is 6.34. The van der Waals surface area contributed by atoms with Crippen molar-refractivity contribution in [2.75, 3.05) is 44.2 Å². The molecule has 1 aliphatic carbocycles. The van der Waals surface area contributed by atoms with Crippen LogP contribution in [0.5, 0.6) is 0 Å². The van der Waals surface area contributed by atoms with Gasteiger partial charge in [-0.05, 0) is 38.2 Å². The van der Waals surface area contributed by atoms with Gasteiger partial charge in [0.25, 0.3) is 0 Å². The molecule has 2 aliphatic rings. The maximum Gasteiger partial charge on any atom is 0.417 e. The van der Waals surface area contributed by atoms with Gasteiger partial charge in [0.2, 0.25) is 5.91 Å². The molecule has 5 nitrogen and oxygen atoms in total. The quantitative estimate of drug-likeness (QED) is 0.696. The molecule has 0 aromatic carbocycles. The van der Waals surface area contributed by atoms with E-state index in [2.05, 4.69) is 16.4 Å². The summed E-state index contributed by atoms with van der Waals surface area (Å²) in [6, 6.07) is 0.908. The first kappa shape index (κ1) is 21.9. The van der Waals surface area contributed by atoms with Gasteiger partial charge >= 0.3 is 6.18 Å². The molecule has 0 spiro atoms. The number of carbonyl (C=O) groups is 1. The minimum atomic E-state index is -4.46. The number of alkyl halides is 3. The van der Waals surface area contributed by atoms with Crippen molar-refractivity contribution < 1.29 is 18.0 Å². The first-order valence-corrected chi connectivity index (χ1v) is 10.4. The van der Waals surface area contributed by atoms with Crippen LogP contribution in [0.4, 0.5) is 19.0 Å². The molecule has 1 amide bonds. The first-order chi connectivity index (χ1) is 13.8. The van der Waals surface area contributed by atoms with Gasteiger partial charge in [-0.25, -0.2) is 4.98 Å². The number of hydrogen-bond donors (Lipinski definition) is 1. The summed E-state index contributed by atoms with van der Waals surface area (Å²) in [7, 11) is 0. The minimum Gasteiger partial charge on any atom is -0.355 e. The second-order valence-corrected chi connectivity index (χ2v) is 7.91. The molecule has 2 heterocycles. The van der Waals surface area contributed by atoms with Crippen molar-refractivity contribution in [1.29, 1.82) is 0 Å². The third-order valence-corrected chi connectivity index (χ3v) is 5.62. The molecular formula is C20H26ClF3N4O. The Hall–Kier alpha value is -1.80. The maximum atomic E-state index is 12.7. The monoisotopic (exact) mass is 430 g/mol. The highest BCUT2D eigenvalue weighted by Crippen LogP contribution is 2.33. The Balaban J connectivity index is 1.42. The molecule has 0 atom stereocenters. The number of hydrogen-bond acceptors (Lipinski definition) is 4. The first-order valence-electron chi connectivity index (χ1n) is 9.97. The van der Waals surface area contributed by atoms with Gasteiger partial charge in [-0.2, -0.15) is 13.2 Å². The smallest absolute Gasteiger partial charge is 0.355 e. The van der Waals surface area contributed by atoms with Crippen molar-refractivity contribution >= 4 is 23.3 Å². The van der Waals surface area contributed by atoms with E-state index in [1.807, 2.05) is 9.80 Å². The second kappa shape index (κ2) is 9.80. The molecule has 1 aliphatic heterocycles. The van der Waals surface area contributed by atoms with E-state index in [1.165, 1.54) is 18.4 Å². The Kier molecular flexibility index (Phi) is 7.40. The predicted octanol–water partition coefficient (Wildman–Crippen LogP) is 3.88. The maximum absolute atomic E-state index is 12.7. The highest BCUT2D eigenvalue weighted by atomic mass is 35.5. The summed E-state index contributed by atoms with van der Waals surface area (Å²) in [6.07, 6.45) is 4.32. The van der Waals surface area contributed by atoms with Crippen molar-refractivity contribution in [1.82, 2.24) is 15.2 Å². The van der Waals surface area contributed by atoms with Crippen LogP contribution in [0.2, 0.25) is 5.02 Å². The van der Waals surface area contributed by atoms with Crippen LogP contribution in [-0.2, 0) is 11.0 Å². The van der Waals surface area contributed by atoms with Gasteiger partial charge in [-0.15, -0.1) is 0 Å². The SMILES string of the molecule is O=C(CN1CCN(c2ncc(C(F)(F)F)cc2Cl)CC1)NCCC1=CCCCC1. The molecule has 0 saturated carbocycles. The summed E-state index contributed by atoms with van der Waals surface area (Å²) in [5.41, 5.74) is 0.580. The van der Waals surface area contributed by atoms with Crippen LogP contribution in [0.3, 0.4) is 0 Å². The molecule has 0 bridgehead atoms. The fourth-order valence-electron chi connectivity index (χ4n) is 3.69. The molecule has 1 aromatic rings. The summed E-state index contributed by atoms with van der Waals surface area (Å²) in [5.74, 6) is 0.352. The van der Waals surface area contributed by atoms with E-state index in [1.54, 1.807) is 0 Å². The number of piperazine rings is 1. The topological polar surface area (TPSA) is 48.5 Å². The summed E-state index contributed by atoms with van der Waals surface area (Å²) in [6.45, 7) is 3.34. The number of allylic oxidation sites excluding steroid dienone is 1. The van der Waals surface area contributed by atoms with Crippen molar-refractivity contribution in [3.05, 3.63) is 34.5 Å². The molecule has 29 heavy (non-hydrogen) atoms. The Morgan fingerprint density at radius 1 is 1.21 bits per heavy atom. The predicted molar refractivity (Wildman–Crippen MR) is 107 cm³/mol. The second-order valence-electron chi connectivity index (χ2n) is 7.50. The number of anilines is 1. The zero-order valence-corrected chi connectivity index (χ0v) is 17.0.